The lowest BCUT2D eigenvalue weighted by Gasteiger charge is -2.41. The molecule has 1 fully saturated rings. The number of carbonyl (C=O) groups is 1. The van der Waals surface area contributed by atoms with E-state index in [1.54, 1.807) is 12.5 Å². The Hall–Kier alpha value is -1.49. The van der Waals surface area contributed by atoms with E-state index in [0.29, 0.717) is 0 Å². The second kappa shape index (κ2) is 6.95. The zero-order chi connectivity index (χ0) is 17.1. The first-order valence-corrected chi connectivity index (χ1v) is 8.42. The predicted octanol–water partition coefficient (Wildman–Crippen LogP) is 3.97. The number of carbonyl (C=O) groups excluding carboxylic acids is 1. The molecule has 0 bridgehead atoms. The maximum Gasteiger partial charge on any atom is 0.410 e. The zero-order valence-corrected chi connectivity index (χ0v) is 15.0. The van der Waals surface area contributed by atoms with E-state index in [4.69, 9.17) is 9.15 Å². The molecule has 1 N–H and O–H groups in total. The van der Waals surface area contributed by atoms with E-state index >= 15 is 0 Å². The summed E-state index contributed by atoms with van der Waals surface area (Å²) < 4.78 is 10.6. The van der Waals surface area contributed by atoms with Gasteiger partial charge in [0.2, 0.25) is 0 Å². The minimum absolute atomic E-state index is 0.0626. The number of likely N-dealkylation sites (tertiary alicyclic amines) is 1. The molecular formula is C18H30N2O3. The molecule has 2 atom stereocenters. The van der Waals surface area contributed by atoms with Crippen molar-refractivity contribution in [2.75, 3.05) is 19.6 Å². The predicted molar refractivity (Wildman–Crippen MR) is 90.3 cm³/mol. The highest BCUT2D eigenvalue weighted by Gasteiger charge is 2.35. The van der Waals surface area contributed by atoms with Crippen LogP contribution in [-0.4, -0.2) is 36.2 Å². The largest absolute Gasteiger partial charge is 0.472 e. The van der Waals surface area contributed by atoms with Crippen molar-refractivity contribution in [1.82, 2.24) is 10.2 Å². The van der Waals surface area contributed by atoms with Crippen molar-refractivity contribution in [2.24, 2.45) is 5.41 Å². The van der Waals surface area contributed by atoms with Crippen molar-refractivity contribution in [3.8, 4) is 0 Å². The number of rotatable bonds is 4. The van der Waals surface area contributed by atoms with Crippen LogP contribution in [0.3, 0.4) is 0 Å². The number of nitrogens with zero attached hydrogens (tertiary/aromatic N) is 1. The van der Waals surface area contributed by atoms with Crippen LogP contribution in [0.5, 0.6) is 0 Å². The highest BCUT2D eigenvalue weighted by molar-refractivity contribution is 5.68. The molecule has 5 heteroatoms. The smallest absolute Gasteiger partial charge is 0.410 e. The molecule has 2 heterocycles. The topological polar surface area (TPSA) is 54.7 Å². The lowest BCUT2D eigenvalue weighted by Crippen LogP contribution is -2.50. The van der Waals surface area contributed by atoms with Crippen molar-refractivity contribution >= 4 is 6.09 Å². The number of furan rings is 1. The molecule has 130 valence electrons. The van der Waals surface area contributed by atoms with Gasteiger partial charge in [0.05, 0.1) is 12.5 Å². The normalized spacial score (nSPS) is 23.6. The third-order valence-corrected chi connectivity index (χ3v) is 4.31. The summed E-state index contributed by atoms with van der Waals surface area (Å²) in [5.41, 5.74) is 0.764. The monoisotopic (exact) mass is 322 g/mol. The molecule has 23 heavy (non-hydrogen) atoms. The summed E-state index contributed by atoms with van der Waals surface area (Å²) in [5.74, 6) is 0. The van der Waals surface area contributed by atoms with Crippen molar-refractivity contribution in [1.29, 1.82) is 0 Å². The standard InChI is InChI=1S/C18H30N2O3/c1-14(15-7-10-22-11-15)19-12-18(5)8-6-9-20(13-18)16(21)23-17(2,3)4/h7,10-11,14,19H,6,8-9,12-13H2,1-5H3. The van der Waals surface area contributed by atoms with Gasteiger partial charge >= 0.3 is 6.09 Å². The van der Waals surface area contributed by atoms with E-state index in [1.165, 1.54) is 0 Å². The summed E-state index contributed by atoms with van der Waals surface area (Å²) in [5, 5.41) is 3.56. The minimum Gasteiger partial charge on any atom is -0.472 e. The van der Waals surface area contributed by atoms with Gasteiger partial charge in [-0.05, 0) is 52.0 Å². The lowest BCUT2D eigenvalue weighted by atomic mass is 9.81. The first kappa shape index (κ1) is 17.9. The van der Waals surface area contributed by atoms with Gasteiger partial charge in [0.15, 0.2) is 0 Å². The SMILES string of the molecule is CC(NCC1(C)CCCN(C(=O)OC(C)(C)C)C1)c1ccoc1. The second-order valence-electron chi connectivity index (χ2n) is 7.98. The average molecular weight is 322 g/mol. The zero-order valence-electron chi connectivity index (χ0n) is 15.0. The molecule has 1 aliphatic heterocycles. The van der Waals surface area contributed by atoms with Gasteiger partial charge in [-0.1, -0.05) is 6.92 Å². The average Bonchev–Trinajstić information content (AvgIpc) is 2.97. The Labute approximate surface area is 139 Å². The van der Waals surface area contributed by atoms with Gasteiger partial charge in [-0.2, -0.15) is 0 Å². The van der Waals surface area contributed by atoms with Gasteiger partial charge in [-0.15, -0.1) is 0 Å². The number of piperidine rings is 1. The summed E-state index contributed by atoms with van der Waals surface area (Å²) in [6.45, 7) is 12.4. The van der Waals surface area contributed by atoms with Crippen molar-refractivity contribution in [3.05, 3.63) is 24.2 Å². The van der Waals surface area contributed by atoms with Gasteiger partial charge in [-0.3, -0.25) is 0 Å². The lowest BCUT2D eigenvalue weighted by molar-refractivity contribution is 0.00652. The number of nitrogens with one attached hydrogen (secondary N) is 1. The summed E-state index contributed by atoms with van der Waals surface area (Å²) in [6.07, 6.45) is 5.38. The van der Waals surface area contributed by atoms with Crippen LogP contribution in [0, 0.1) is 5.41 Å². The van der Waals surface area contributed by atoms with Crippen LogP contribution in [0.25, 0.3) is 0 Å². The first-order valence-electron chi connectivity index (χ1n) is 8.42. The second-order valence-corrected chi connectivity index (χ2v) is 7.98. The van der Waals surface area contributed by atoms with Gasteiger partial charge in [0, 0.05) is 31.2 Å². The van der Waals surface area contributed by atoms with Gasteiger partial charge < -0.3 is 19.4 Å². The fourth-order valence-electron chi connectivity index (χ4n) is 2.98. The Balaban J connectivity index is 1.89. The number of hydrogen-bond acceptors (Lipinski definition) is 4. The third kappa shape index (κ3) is 5.27. The van der Waals surface area contributed by atoms with Crippen LogP contribution in [0.2, 0.25) is 0 Å². The Bertz CT molecular complexity index is 507. The van der Waals surface area contributed by atoms with Crippen LogP contribution < -0.4 is 5.32 Å². The van der Waals surface area contributed by atoms with Crippen LogP contribution >= 0.6 is 0 Å². The fraction of sp³-hybridized carbons (Fsp3) is 0.722. The Morgan fingerprint density at radius 2 is 2.26 bits per heavy atom. The Morgan fingerprint density at radius 1 is 1.52 bits per heavy atom. The van der Waals surface area contributed by atoms with Crippen molar-refractivity contribution in [3.63, 3.8) is 0 Å². The van der Waals surface area contributed by atoms with E-state index in [-0.39, 0.29) is 17.6 Å². The van der Waals surface area contributed by atoms with Crippen LogP contribution in [-0.2, 0) is 4.74 Å². The molecular weight excluding hydrogens is 292 g/mol. The van der Waals surface area contributed by atoms with E-state index in [2.05, 4.69) is 19.2 Å². The molecule has 5 nitrogen and oxygen atoms in total. The molecule has 2 unspecified atom stereocenters. The molecule has 1 aromatic heterocycles. The number of hydrogen-bond donors (Lipinski definition) is 1. The van der Waals surface area contributed by atoms with E-state index < -0.39 is 5.60 Å². The summed E-state index contributed by atoms with van der Waals surface area (Å²) in [4.78, 5) is 14.1. The van der Waals surface area contributed by atoms with Gasteiger partial charge in [0.1, 0.15) is 5.60 Å². The quantitative estimate of drug-likeness (QED) is 0.911. The molecule has 1 amide bonds. The minimum atomic E-state index is -0.445. The van der Waals surface area contributed by atoms with E-state index in [9.17, 15) is 4.79 Å². The van der Waals surface area contributed by atoms with Crippen LogP contribution in [0.1, 0.15) is 59.1 Å². The van der Waals surface area contributed by atoms with Crippen molar-refractivity contribution < 1.29 is 13.9 Å². The van der Waals surface area contributed by atoms with Crippen molar-refractivity contribution in [2.45, 2.75) is 59.1 Å². The molecule has 0 saturated carbocycles. The van der Waals surface area contributed by atoms with Gasteiger partial charge in [-0.25, -0.2) is 4.79 Å². The fourth-order valence-corrected chi connectivity index (χ4v) is 2.98. The van der Waals surface area contributed by atoms with Gasteiger partial charge in [0.25, 0.3) is 0 Å². The third-order valence-electron chi connectivity index (χ3n) is 4.31. The van der Waals surface area contributed by atoms with E-state index in [0.717, 1.165) is 38.0 Å². The molecule has 0 aliphatic carbocycles. The molecule has 1 aromatic rings. The summed E-state index contributed by atoms with van der Waals surface area (Å²) >= 11 is 0. The summed E-state index contributed by atoms with van der Waals surface area (Å²) in [7, 11) is 0. The Kier molecular flexibility index (Phi) is 5.40. The number of ether oxygens (including phenoxy) is 1. The Morgan fingerprint density at radius 3 is 2.87 bits per heavy atom. The summed E-state index contributed by atoms with van der Waals surface area (Å²) in [6, 6.07) is 2.22. The molecule has 1 aliphatic rings. The van der Waals surface area contributed by atoms with E-state index in [1.807, 2.05) is 31.7 Å². The highest BCUT2D eigenvalue weighted by Crippen LogP contribution is 2.30. The molecule has 0 aromatic carbocycles. The molecule has 1 saturated heterocycles. The molecule has 0 radical (unpaired) electrons. The molecule has 0 spiro atoms. The maximum atomic E-state index is 12.3. The number of amides is 1. The first-order chi connectivity index (χ1) is 10.7. The molecule has 2 rings (SSSR count). The van der Waals surface area contributed by atoms with Crippen LogP contribution in [0.4, 0.5) is 4.79 Å². The van der Waals surface area contributed by atoms with Crippen LogP contribution in [0.15, 0.2) is 23.0 Å². The maximum absolute atomic E-state index is 12.3. The highest BCUT2D eigenvalue weighted by atomic mass is 16.6.